The first kappa shape index (κ1) is 15.9. The summed E-state index contributed by atoms with van der Waals surface area (Å²) in [5, 5.41) is 13.9. The van der Waals surface area contributed by atoms with E-state index in [0.29, 0.717) is 0 Å². The van der Waals surface area contributed by atoms with E-state index >= 15 is 0 Å². The molecule has 0 heterocycles. The fourth-order valence-corrected chi connectivity index (χ4v) is 1.62. The molecular formula is C13H17F2N3O2. The topological polar surface area (TPSA) is 87.7 Å². The van der Waals surface area contributed by atoms with Gasteiger partial charge in [-0.3, -0.25) is 4.79 Å². The van der Waals surface area contributed by atoms with Crippen LogP contribution in [0.3, 0.4) is 0 Å². The number of nitrogens with zero attached hydrogens (tertiary/aromatic N) is 1. The van der Waals surface area contributed by atoms with Crippen LogP contribution in [0.1, 0.15) is 36.2 Å². The van der Waals surface area contributed by atoms with Gasteiger partial charge in [0.05, 0.1) is 5.54 Å². The van der Waals surface area contributed by atoms with Crippen LogP contribution in [0.5, 0.6) is 0 Å². The second-order valence-corrected chi connectivity index (χ2v) is 4.68. The van der Waals surface area contributed by atoms with Crippen LogP contribution in [-0.4, -0.2) is 22.5 Å². The van der Waals surface area contributed by atoms with E-state index in [4.69, 9.17) is 10.9 Å². The first-order chi connectivity index (χ1) is 9.26. The Morgan fingerprint density at radius 3 is 2.60 bits per heavy atom. The van der Waals surface area contributed by atoms with Gasteiger partial charge in [-0.1, -0.05) is 18.1 Å². The van der Waals surface area contributed by atoms with Gasteiger partial charge in [0.25, 0.3) is 5.91 Å². The van der Waals surface area contributed by atoms with E-state index in [2.05, 4.69) is 10.5 Å². The predicted molar refractivity (Wildman–Crippen MR) is 70.7 cm³/mol. The lowest BCUT2D eigenvalue weighted by Gasteiger charge is -2.28. The van der Waals surface area contributed by atoms with Crippen LogP contribution in [0, 0.1) is 18.6 Å². The van der Waals surface area contributed by atoms with Crippen molar-refractivity contribution in [2.45, 2.75) is 32.7 Å². The highest BCUT2D eigenvalue weighted by atomic mass is 19.1. The van der Waals surface area contributed by atoms with Crippen molar-refractivity contribution >= 4 is 11.7 Å². The zero-order valence-electron chi connectivity index (χ0n) is 11.5. The molecule has 0 saturated carbocycles. The molecule has 0 aliphatic rings. The SMILES string of the molecule is CCC(C)(NC(=O)c1c(F)ccc(C)c1F)/C(N)=N/O. The standard InChI is InChI=1S/C13H17F2N3O2/c1-4-13(3,12(16)18-20)17-11(19)9-8(14)6-5-7(2)10(9)15/h5-6,20H,4H2,1-3H3,(H2,16,18)(H,17,19). The average molecular weight is 285 g/mol. The molecule has 7 heteroatoms. The Kier molecular flexibility index (Phi) is 4.65. The average Bonchev–Trinajstić information content (AvgIpc) is 2.42. The maximum Gasteiger partial charge on any atom is 0.258 e. The molecule has 110 valence electrons. The third-order valence-electron chi connectivity index (χ3n) is 3.28. The molecule has 4 N–H and O–H groups in total. The van der Waals surface area contributed by atoms with Gasteiger partial charge in [0.15, 0.2) is 5.84 Å². The van der Waals surface area contributed by atoms with E-state index in [0.717, 1.165) is 6.07 Å². The number of hydrogen-bond donors (Lipinski definition) is 3. The Morgan fingerprint density at radius 1 is 1.50 bits per heavy atom. The van der Waals surface area contributed by atoms with E-state index in [9.17, 15) is 13.6 Å². The number of benzene rings is 1. The van der Waals surface area contributed by atoms with Crippen LogP contribution >= 0.6 is 0 Å². The van der Waals surface area contributed by atoms with Gasteiger partial charge in [0.1, 0.15) is 17.2 Å². The maximum atomic E-state index is 13.9. The van der Waals surface area contributed by atoms with Crippen molar-refractivity contribution in [3.05, 3.63) is 34.9 Å². The molecular weight excluding hydrogens is 268 g/mol. The van der Waals surface area contributed by atoms with Crippen molar-refractivity contribution in [2.24, 2.45) is 10.9 Å². The molecule has 1 unspecified atom stereocenters. The molecule has 0 aliphatic heterocycles. The Bertz CT molecular complexity index is 561. The van der Waals surface area contributed by atoms with E-state index in [1.54, 1.807) is 6.92 Å². The fraction of sp³-hybridized carbons (Fsp3) is 0.385. The Morgan fingerprint density at radius 2 is 2.10 bits per heavy atom. The molecule has 20 heavy (non-hydrogen) atoms. The molecule has 5 nitrogen and oxygen atoms in total. The zero-order chi connectivity index (χ0) is 15.5. The first-order valence-electron chi connectivity index (χ1n) is 6.02. The summed E-state index contributed by atoms with van der Waals surface area (Å²) in [5.41, 5.74) is 3.76. The van der Waals surface area contributed by atoms with E-state index in [1.165, 1.54) is 19.9 Å². The van der Waals surface area contributed by atoms with Gasteiger partial charge in [-0.25, -0.2) is 8.78 Å². The molecule has 0 fully saturated rings. The summed E-state index contributed by atoms with van der Waals surface area (Å²) in [7, 11) is 0. The Balaban J connectivity index is 3.18. The number of nitrogens with one attached hydrogen (secondary N) is 1. The van der Waals surface area contributed by atoms with Gasteiger partial charge in [-0.05, 0) is 31.9 Å². The van der Waals surface area contributed by atoms with Gasteiger partial charge in [0, 0.05) is 0 Å². The maximum absolute atomic E-state index is 13.9. The minimum atomic E-state index is -1.20. The second-order valence-electron chi connectivity index (χ2n) is 4.68. The third kappa shape index (κ3) is 2.87. The molecule has 0 radical (unpaired) electrons. The summed E-state index contributed by atoms with van der Waals surface area (Å²) < 4.78 is 27.5. The molecule has 1 aromatic carbocycles. The molecule has 0 spiro atoms. The number of oxime groups is 1. The van der Waals surface area contributed by atoms with Crippen LogP contribution in [0.25, 0.3) is 0 Å². The summed E-state index contributed by atoms with van der Waals surface area (Å²) >= 11 is 0. The quantitative estimate of drug-likeness (QED) is 0.342. The zero-order valence-corrected chi connectivity index (χ0v) is 11.5. The van der Waals surface area contributed by atoms with Gasteiger partial charge in [0.2, 0.25) is 0 Å². The summed E-state index contributed by atoms with van der Waals surface area (Å²) in [6, 6.07) is 2.25. The summed E-state index contributed by atoms with van der Waals surface area (Å²) in [6.45, 7) is 4.60. The van der Waals surface area contributed by atoms with Crippen LogP contribution in [0.4, 0.5) is 8.78 Å². The van der Waals surface area contributed by atoms with Crippen LogP contribution < -0.4 is 11.1 Å². The van der Waals surface area contributed by atoms with Crippen molar-refractivity contribution in [3.8, 4) is 0 Å². The lowest BCUT2D eigenvalue weighted by atomic mass is 9.96. The van der Waals surface area contributed by atoms with Crippen molar-refractivity contribution in [1.29, 1.82) is 0 Å². The number of aryl methyl sites for hydroxylation is 1. The highest BCUT2D eigenvalue weighted by Gasteiger charge is 2.32. The van der Waals surface area contributed by atoms with Crippen molar-refractivity contribution in [1.82, 2.24) is 5.32 Å². The largest absolute Gasteiger partial charge is 0.409 e. The molecule has 1 aromatic rings. The highest BCUT2D eigenvalue weighted by molar-refractivity contribution is 6.00. The molecule has 0 bridgehead atoms. The monoisotopic (exact) mass is 285 g/mol. The molecule has 1 rings (SSSR count). The molecule has 0 saturated heterocycles. The predicted octanol–water partition coefficient (Wildman–Crippen LogP) is 1.92. The molecule has 0 aliphatic carbocycles. The number of halogens is 2. The smallest absolute Gasteiger partial charge is 0.258 e. The van der Waals surface area contributed by atoms with E-state index in [-0.39, 0.29) is 17.8 Å². The number of amidine groups is 1. The number of carbonyl (C=O) groups is 1. The minimum Gasteiger partial charge on any atom is -0.409 e. The van der Waals surface area contributed by atoms with E-state index < -0.39 is 28.6 Å². The minimum absolute atomic E-state index is 0.151. The number of carbonyl (C=O) groups excluding carboxylic acids is 1. The summed E-state index contributed by atoms with van der Waals surface area (Å²) in [6.07, 6.45) is 0.281. The molecule has 1 atom stereocenters. The Labute approximate surface area is 115 Å². The number of amides is 1. The van der Waals surface area contributed by atoms with Crippen molar-refractivity contribution < 1.29 is 18.8 Å². The third-order valence-corrected chi connectivity index (χ3v) is 3.28. The van der Waals surface area contributed by atoms with Crippen LogP contribution in [0.15, 0.2) is 17.3 Å². The fourth-order valence-electron chi connectivity index (χ4n) is 1.62. The number of rotatable bonds is 4. The van der Waals surface area contributed by atoms with Gasteiger partial charge in [-0.15, -0.1) is 0 Å². The lowest BCUT2D eigenvalue weighted by molar-refractivity contribution is 0.0916. The molecule has 1 amide bonds. The number of nitrogens with two attached hydrogens (primary N) is 1. The second kappa shape index (κ2) is 5.85. The van der Waals surface area contributed by atoms with Gasteiger partial charge < -0.3 is 16.3 Å². The Hall–Kier alpha value is -2.18. The first-order valence-corrected chi connectivity index (χ1v) is 6.02. The van der Waals surface area contributed by atoms with Crippen LogP contribution in [-0.2, 0) is 0 Å². The normalized spacial score (nSPS) is 14.8. The lowest BCUT2D eigenvalue weighted by Crippen LogP contribution is -2.55. The molecule has 0 aromatic heterocycles. The summed E-state index contributed by atoms with van der Waals surface area (Å²) in [4.78, 5) is 12.1. The summed E-state index contributed by atoms with van der Waals surface area (Å²) in [5.74, 6) is -3.11. The van der Waals surface area contributed by atoms with Crippen molar-refractivity contribution in [2.75, 3.05) is 0 Å². The van der Waals surface area contributed by atoms with Crippen LogP contribution in [0.2, 0.25) is 0 Å². The number of hydrogen-bond acceptors (Lipinski definition) is 3. The van der Waals surface area contributed by atoms with Gasteiger partial charge >= 0.3 is 0 Å². The van der Waals surface area contributed by atoms with Gasteiger partial charge in [-0.2, -0.15) is 0 Å². The van der Waals surface area contributed by atoms with Crippen molar-refractivity contribution in [3.63, 3.8) is 0 Å². The highest BCUT2D eigenvalue weighted by Crippen LogP contribution is 2.18. The van der Waals surface area contributed by atoms with E-state index in [1.807, 2.05) is 0 Å².